The molecule has 4 nitrogen and oxygen atoms in total. The third-order valence-corrected chi connectivity index (χ3v) is 4.14. The predicted octanol–water partition coefficient (Wildman–Crippen LogP) is 3.93. The number of ether oxygens (including phenoxy) is 2. The first-order valence-electron chi connectivity index (χ1n) is 8.22. The van der Waals surface area contributed by atoms with E-state index in [9.17, 15) is 13.2 Å². The summed E-state index contributed by atoms with van der Waals surface area (Å²) in [6.07, 6.45) is -3.65. The SMILES string of the molecule is COc1ccc(CCNC(=S)NCc2cccc(C(F)(F)F)c2)cc1OC. The molecule has 0 amide bonds. The van der Waals surface area contributed by atoms with Gasteiger partial charge in [-0.2, -0.15) is 13.2 Å². The molecule has 0 spiro atoms. The largest absolute Gasteiger partial charge is 0.493 e. The van der Waals surface area contributed by atoms with Crippen LogP contribution in [0.5, 0.6) is 11.5 Å². The Kier molecular flexibility index (Phi) is 7.29. The first kappa shape index (κ1) is 20.8. The lowest BCUT2D eigenvalue weighted by Gasteiger charge is -2.13. The summed E-state index contributed by atoms with van der Waals surface area (Å²) in [7, 11) is 3.15. The highest BCUT2D eigenvalue weighted by atomic mass is 32.1. The molecule has 0 aliphatic heterocycles. The van der Waals surface area contributed by atoms with E-state index in [0.29, 0.717) is 35.1 Å². The summed E-state index contributed by atoms with van der Waals surface area (Å²) in [4.78, 5) is 0. The van der Waals surface area contributed by atoms with Crippen molar-refractivity contribution in [2.24, 2.45) is 0 Å². The van der Waals surface area contributed by atoms with Gasteiger partial charge < -0.3 is 20.1 Å². The van der Waals surface area contributed by atoms with Crippen molar-refractivity contribution >= 4 is 17.3 Å². The molecule has 0 unspecified atom stereocenters. The molecule has 2 aromatic rings. The highest BCUT2D eigenvalue weighted by Gasteiger charge is 2.30. The van der Waals surface area contributed by atoms with Crippen LogP contribution in [0.4, 0.5) is 13.2 Å². The van der Waals surface area contributed by atoms with Crippen molar-refractivity contribution in [1.82, 2.24) is 10.6 Å². The Bertz CT molecular complexity index is 782. The van der Waals surface area contributed by atoms with E-state index < -0.39 is 11.7 Å². The summed E-state index contributed by atoms with van der Waals surface area (Å²) in [6, 6.07) is 10.8. The second kappa shape index (κ2) is 9.45. The van der Waals surface area contributed by atoms with E-state index >= 15 is 0 Å². The molecule has 0 saturated heterocycles. The first-order valence-corrected chi connectivity index (χ1v) is 8.63. The van der Waals surface area contributed by atoms with E-state index in [4.69, 9.17) is 21.7 Å². The van der Waals surface area contributed by atoms with Gasteiger partial charge in [0.15, 0.2) is 16.6 Å². The molecule has 0 aromatic heterocycles. The number of hydrogen-bond donors (Lipinski definition) is 2. The van der Waals surface area contributed by atoms with Gasteiger partial charge in [-0.05, 0) is 54.0 Å². The zero-order chi connectivity index (χ0) is 19.9. The first-order chi connectivity index (χ1) is 12.8. The molecule has 2 aromatic carbocycles. The van der Waals surface area contributed by atoms with Crippen molar-refractivity contribution in [3.8, 4) is 11.5 Å². The molecule has 27 heavy (non-hydrogen) atoms. The molecule has 2 N–H and O–H groups in total. The van der Waals surface area contributed by atoms with Gasteiger partial charge in [0.25, 0.3) is 0 Å². The van der Waals surface area contributed by atoms with Gasteiger partial charge >= 0.3 is 6.18 Å². The van der Waals surface area contributed by atoms with E-state index in [2.05, 4.69) is 10.6 Å². The molecule has 2 rings (SSSR count). The normalized spacial score (nSPS) is 11.0. The van der Waals surface area contributed by atoms with Crippen LogP contribution in [0.2, 0.25) is 0 Å². The van der Waals surface area contributed by atoms with Gasteiger partial charge in [-0.1, -0.05) is 18.2 Å². The molecule has 0 aliphatic carbocycles. The van der Waals surface area contributed by atoms with E-state index in [-0.39, 0.29) is 6.54 Å². The Balaban J connectivity index is 1.80. The van der Waals surface area contributed by atoms with Crippen LogP contribution < -0.4 is 20.1 Å². The number of methoxy groups -OCH3 is 2. The summed E-state index contributed by atoms with van der Waals surface area (Å²) >= 11 is 5.17. The highest BCUT2D eigenvalue weighted by molar-refractivity contribution is 7.80. The van der Waals surface area contributed by atoms with Crippen molar-refractivity contribution in [1.29, 1.82) is 0 Å². The van der Waals surface area contributed by atoms with Crippen LogP contribution in [0.3, 0.4) is 0 Å². The Labute approximate surface area is 161 Å². The van der Waals surface area contributed by atoms with Gasteiger partial charge in [0.05, 0.1) is 19.8 Å². The lowest BCUT2D eigenvalue weighted by Crippen LogP contribution is -2.35. The Morgan fingerprint density at radius 3 is 2.37 bits per heavy atom. The summed E-state index contributed by atoms with van der Waals surface area (Å²) in [5.41, 5.74) is 0.879. The van der Waals surface area contributed by atoms with Gasteiger partial charge in [0.1, 0.15) is 0 Å². The maximum atomic E-state index is 12.7. The quantitative estimate of drug-likeness (QED) is 0.692. The van der Waals surface area contributed by atoms with Crippen LogP contribution >= 0.6 is 12.2 Å². The topological polar surface area (TPSA) is 42.5 Å². The van der Waals surface area contributed by atoms with E-state index in [0.717, 1.165) is 17.7 Å². The maximum Gasteiger partial charge on any atom is 0.416 e. The standard InChI is InChI=1S/C19H21F3N2O2S/c1-25-16-7-6-13(11-17(16)26-2)8-9-23-18(27)24-12-14-4-3-5-15(10-14)19(20,21)22/h3-7,10-11H,8-9,12H2,1-2H3,(H2,23,24,27). The molecule has 146 valence electrons. The summed E-state index contributed by atoms with van der Waals surface area (Å²) in [5.74, 6) is 1.31. The van der Waals surface area contributed by atoms with Gasteiger partial charge in [-0.15, -0.1) is 0 Å². The molecule has 0 radical (unpaired) electrons. The lowest BCUT2D eigenvalue weighted by atomic mass is 10.1. The van der Waals surface area contributed by atoms with Crippen molar-refractivity contribution in [3.63, 3.8) is 0 Å². The zero-order valence-corrected chi connectivity index (χ0v) is 15.8. The smallest absolute Gasteiger partial charge is 0.416 e. The van der Waals surface area contributed by atoms with Crippen molar-refractivity contribution in [2.45, 2.75) is 19.1 Å². The fraction of sp³-hybridized carbons (Fsp3) is 0.316. The summed E-state index contributed by atoms with van der Waals surface area (Å²) in [5, 5.41) is 6.33. The average Bonchev–Trinajstić information content (AvgIpc) is 2.65. The van der Waals surface area contributed by atoms with Crippen LogP contribution in [-0.4, -0.2) is 25.9 Å². The highest BCUT2D eigenvalue weighted by Crippen LogP contribution is 2.29. The van der Waals surface area contributed by atoms with E-state index in [1.165, 1.54) is 6.07 Å². The Morgan fingerprint density at radius 2 is 1.70 bits per heavy atom. The van der Waals surface area contributed by atoms with Crippen LogP contribution in [-0.2, 0) is 19.1 Å². The number of halogens is 3. The van der Waals surface area contributed by atoms with Gasteiger partial charge in [-0.3, -0.25) is 0 Å². The monoisotopic (exact) mass is 398 g/mol. The second-order valence-electron chi connectivity index (χ2n) is 5.75. The lowest BCUT2D eigenvalue weighted by molar-refractivity contribution is -0.137. The summed E-state index contributed by atoms with van der Waals surface area (Å²) in [6.45, 7) is 0.788. The zero-order valence-electron chi connectivity index (χ0n) is 15.0. The van der Waals surface area contributed by atoms with Crippen molar-refractivity contribution in [3.05, 3.63) is 59.2 Å². The average molecular weight is 398 g/mol. The van der Waals surface area contributed by atoms with Crippen LogP contribution in [0.25, 0.3) is 0 Å². The number of thiocarbonyl (C=S) groups is 1. The Hall–Kier alpha value is -2.48. The predicted molar refractivity (Wildman–Crippen MR) is 102 cm³/mol. The molecular formula is C19H21F3N2O2S. The van der Waals surface area contributed by atoms with Crippen molar-refractivity contribution < 1.29 is 22.6 Å². The van der Waals surface area contributed by atoms with Crippen LogP contribution in [0.15, 0.2) is 42.5 Å². The molecule has 0 fully saturated rings. The maximum absolute atomic E-state index is 12.7. The molecule has 8 heteroatoms. The van der Waals surface area contributed by atoms with Crippen LogP contribution in [0.1, 0.15) is 16.7 Å². The molecule has 0 saturated carbocycles. The fourth-order valence-corrected chi connectivity index (χ4v) is 2.63. The fourth-order valence-electron chi connectivity index (χ4n) is 2.46. The van der Waals surface area contributed by atoms with Gasteiger partial charge in [0, 0.05) is 13.1 Å². The number of rotatable bonds is 7. The Morgan fingerprint density at radius 1 is 0.963 bits per heavy atom. The number of benzene rings is 2. The second-order valence-corrected chi connectivity index (χ2v) is 6.16. The van der Waals surface area contributed by atoms with E-state index in [1.54, 1.807) is 20.3 Å². The minimum atomic E-state index is -4.35. The minimum Gasteiger partial charge on any atom is -0.493 e. The third-order valence-electron chi connectivity index (χ3n) is 3.85. The molecule has 0 atom stereocenters. The molecule has 0 aliphatic rings. The molecular weight excluding hydrogens is 377 g/mol. The number of nitrogens with one attached hydrogen (secondary N) is 2. The van der Waals surface area contributed by atoms with Gasteiger partial charge in [0.2, 0.25) is 0 Å². The summed E-state index contributed by atoms with van der Waals surface area (Å²) < 4.78 is 48.6. The third kappa shape index (κ3) is 6.32. The minimum absolute atomic E-state index is 0.214. The van der Waals surface area contributed by atoms with Crippen LogP contribution in [0, 0.1) is 0 Å². The number of alkyl halides is 3. The van der Waals surface area contributed by atoms with Gasteiger partial charge in [-0.25, -0.2) is 0 Å². The molecule has 0 heterocycles. The molecule has 0 bridgehead atoms. The number of hydrogen-bond acceptors (Lipinski definition) is 3. The van der Waals surface area contributed by atoms with E-state index in [1.807, 2.05) is 18.2 Å². The van der Waals surface area contributed by atoms with Crippen molar-refractivity contribution in [2.75, 3.05) is 20.8 Å².